The van der Waals surface area contributed by atoms with E-state index in [-0.39, 0.29) is 33.8 Å². The number of aromatic nitrogens is 1. The fourth-order valence-corrected chi connectivity index (χ4v) is 4.02. The van der Waals surface area contributed by atoms with Crippen molar-refractivity contribution in [3.63, 3.8) is 0 Å². The first kappa shape index (κ1) is 18.7. The molecule has 0 amide bonds. The van der Waals surface area contributed by atoms with Gasteiger partial charge in [0.25, 0.3) is 5.69 Å². The quantitative estimate of drug-likeness (QED) is 0.404. The molecule has 0 aliphatic rings. The number of hydrogen-bond acceptors (Lipinski definition) is 6. The Morgan fingerprint density at radius 2 is 2.04 bits per heavy atom. The number of hydrogen-bond donors (Lipinski definition) is 0. The first-order valence-corrected chi connectivity index (χ1v) is 9.30. The molecule has 7 nitrogen and oxygen atoms in total. The van der Waals surface area contributed by atoms with Crippen molar-refractivity contribution in [2.24, 2.45) is 0 Å². The van der Waals surface area contributed by atoms with Crippen molar-refractivity contribution >= 4 is 41.6 Å². The summed E-state index contributed by atoms with van der Waals surface area (Å²) in [5.41, 5.74) is -0.301. The molecule has 0 fully saturated rings. The highest BCUT2D eigenvalue weighted by Crippen LogP contribution is 2.47. The highest BCUT2D eigenvalue weighted by atomic mass is 35.5. The van der Waals surface area contributed by atoms with Crippen LogP contribution in [0.5, 0.6) is 11.6 Å². The third kappa shape index (κ3) is 3.87. The van der Waals surface area contributed by atoms with Crippen LogP contribution < -0.4 is 10.0 Å². The molecule has 1 unspecified atom stereocenters. The molecule has 1 aromatic heterocycles. The summed E-state index contributed by atoms with van der Waals surface area (Å²) in [5, 5.41) is 11.7. The number of halogens is 2. The van der Waals surface area contributed by atoms with Crippen molar-refractivity contribution in [1.29, 1.82) is 0 Å². The first-order valence-electron chi connectivity index (χ1n) is 6.73. The molecular formula is C14H13Cl2N2O5P. The number of pyridine rings is 1. The summed E-state index contributed by atoms with van der Waals surface area (Å²) < 4.78 is 23.3. The normalized spacial score (nSPS) is 13.3. The minimum absolute atomic E-state index is 0.0277. The smallest absolute Gasteiger partial charge is 0.282 e. The predicted molar refractivity (Wildman–Crippen MR) is 92.2 cm³/mol. The van der Waals surface area contributed by atoms with Crippen LogP contribution in [0.3, 0.4) is 0 Å². The van der Waals surface area contributed by atoms with Gasteiger partial charge in [-0.3, -0.25) is 14.7 Å². The van der Waals surface area contributed by atoms with Gasteiger partial charge in [-0.15, -0.1) is 0 Å². The maximum Gasteiger partial charge on any atom is 0.282 e. The molecule has 128 valence electrons. The molecule has 1 heterocycles. The molecule has 0 aliphatic heterocycles. The second-order valence-electron chi connectivity index (χ2n) is 4.62. The van der Waals surface area contributed by atoms with E-state index in [1.807, 2.05) is 0 Å². The summed E-state index contributed by atoms with van der Waals surface area (Å²) in [6.07, 6.45) is 1.45. The van der Waals surface area contributed by atoms with Gasteiger partial charge in [0.2, 0.25) is 13.2 Å². The highest BCUT2D eigenvalue weighted by molar-refractivity contribution is 7.67. The Hall–Kier alpha value is -1.66. The minimum atomic E-state index is -3.37. The fourth-order valence-electron chi connectivity index (χ4n) is 1.98. The van der Waals surface area contributed by atoms with Gasteiger partial charge in [-0.1, -0.05) is 30.1 Å². The summed E-state index contributed by atoms with van der Waals surface area (Å²) in [5.74, 6) is 0.266. The van der Waals surface area contributed by atoms with Gasteiger partial charge in [-0.25, -0.2) is 4.98 Å². The number of rotatable bonds is 6. The van der Waals surface area contributed by atoms with Gasteiger partial charge in [0.1, 0.15) is 16.1 Å². The van der Waals surface area contributed by atoms with Gasteiger partial charge in [0, 0.05) is 31.6 Å². The van der Waals surface area contributed by atoms with E-state index in [9.17, 15) is 14.7 Å². The Balaban J connectivity index is 2.50. The number of nitro groups is 1. The number of ether oxygens (including phenoxy) is 1. The maximum atomic E-state index is 12.8. The molecule has 0 bridgehead atoms. The van der Waals surface area contributed by atoms with Gasteiger partial charge in [-0.05, 0) is 12.1 Å². The van der Waals surface area contributed by atoms with Crippen molar-refractivity contribution in [3.8, 4) is 11.6 Å². The van der Waals surface area contributed by atoms with Crippen molar-refractivity contribution in [3.05, 3.63) is 50.6 Å². The molecule has 1 aromatic carbocycles. The van der Waals surface area contributed by atoms with E-state index in [2.05, 4.69) is 4.98 Å². The Morgan fingerprint density at radius 3 is 2.58 bits per heavy atom. The molecule has 10 heteroatoms. The topological polar surface area (TPSA) is 91.6 Å². The van der Waals surface area contributed by atoms with Crippen LogP contribution in [-0.2, 0) is 9.09 Å². The van der Waals surface area contributed by atoms with Gasteiger partial charge in [0.05, 0.1) is 9.95 Å². The first-order chi connectivity index (χ1) is 11.3. The van der Waals surface area contributed by atoms with Gasteiger partial charge in [0.15, 0.2) is 0 Å². The van der Waals surface area contributed by atoms with Gasteiger partial charge < -0.3 is 9.26 Å². The van der Waals surface area contributed by atoms with Crippen LogP contribution in [-0.4, -0.2) is 23.2 Å². The average molecular weight is 391 g/mol. The molecule has 0 aliphatic carbocycles. The van der Waals surface area contributed by atoms with Crippen molar-refractivity contribution in [2.75, 3.05) is 13.3 Å². The Labute approximate surface area is 148 Å². The Kier molecular flexibility index (Phi) is 5.83. The zero-order valence-electron chi connectivity index (χ0n) is 12.7. The highest BCUT2D eigenvalue weighted by Gasteiger charge is 2.31. The maximum absolute atomic E-state index is 12.8. The fraction of sp³-hybridized carbons (Fsp3) is 0.214. The standard InChI is InChI=1S/C14H13Cl2N2O5P/c1-3-24(21,22-2)13-7-10(4-5-12(13)18(19)20)23-14-11(16)6-9(15)8-17-14/h4-8H,3H2,1-2H3. The molecule has 1 atom stereocenters. The zero-order chi connectivity index (χ0) is 17.9. The largest absolute Gasteiger partial charge is 0.438 e. The summed E-state index contributed by atoms with van der Waals surface area (Å²) in [4.78, 5) is 14.5. The number of nitrogens with zero attached hydrogens (tertiary/aromatic N) is 2. The second kappa shape index (κ2) is 7.49. The molecule has 2 rings (SSSR count). The van der Waals surface area contributed by atoms with Crippen LogP contribution in [0.15, 0.2) is 30.5 Å². The molecule has 24 heavy (non-hydrogen) atoms. The third-order valence-corrected chi connectivity index (χ3v) is 6.20. The van der Waals surface area contributed by atoms with Crippen LogP contribution >= 0.6 is 30.6 Å². The lowest BCUT2D eigenvalue weighted by Gasteiger charge is -2.15. The van der Waals surface area contributed by atoms with Gasteiger partial charge in [-0.2, -0.15) is 0 Å². The number of benzene rings is 1. The summed E-state index contributed by atoms with van der Waals surface area (Å²) in [7, 11) is -2.12. The lowest BCUT2D eigenvalue weighted by Crippen LogP contribution is -2.13. The lowest BCUT2D eigenvalue weighted by atomic mass is 10.3. The van der Waals surface area contributed by atoms with E-state index in [0.29, 0.717) is 5.02 Å². The molecule has 0 saturated heterocycles. The number of nitro benzene ring substituents is 1. The molecular weight excluding hydrogens is 378 g/mol. The zero-order valence-corrected chi connectivity index (χ0v) is 15.1. The predicted octanol–water partition coefficient (Wildman–Crippen LogP) is 4.66. The molecule has 0 saturated carbocycles. The van der Waals surface area contributed by atoms with Crippen LogP contribution in [0.25, 0.3) is 0 Å². The van der Waals surface area contributed by atoms with Gasteiger partial charge >= 0.3 is 0 Å². The van der Waals surface area contributed by atoms with Crippen LogP contribution in [0.1, 0.15) is 6.92 Å². The van der Waals surface area contributed by atoms with Crippen molar-refractivity contribution in [1.82, 2.24) is 4.98 Å². The van der Waals surface area contributed by atoms with E-state index in [0.717, 1.165) is 0 Å². The second-order valence-corrected chi connectivity index (χ2v) is 8.29. The Morgan fingerprint density at radius 1 is 1.33 bits per heavy atom. The van der Waals surface area contributed by atoms with Crippen molar-refractivity contribution < 1.29 is 18.7 Å². The van der Waals surface area contributed by atoms with E-state index >= 15 is 0 Å². The van der Waals surface area contributed by atoms with E-state index < -0.39 is 12.3 Å². The Bertz CT molecular complexity index is 823. The van der Waals surface area contributed by atoms with Crippen LogP contribution in [0.4, 0.5) is 5.69 Å². The van der Waals surface area contributed by atoms with Crippen LogP contribution in [0, 0.1) is 10.1 Å². The lowest BCUT2D eigenvalue weighted by molar-refractivity contribution is -0.383. The third-order valence-electron chi connectivity index (χ3n) is 3.21. The molecule has 0 radical (unpaired) electrons. The summed E-state index contributed by atoms with van der Waals surface area (Å²) >= 11 is 11.8. The van der Waals surface area contributed by atoms with Crippen molar-refractivity contribution in [2.45, 2.75) is 6.92 Å². The average Bonchev–Trinajstić information content (AvgIpc) is 2.56. The minimum Gasteiger partial charge on any atom is -0.438 e. The van der Waals surface area contributed by atoms with E-state index in [4.69, 9.17) is 32.5 Å². The monoisotopic (exact) mass is 390 g/mol. The molecule has 2 aromatic rings. The summed E-state index contributed by atoms with van der Waals surface area (Å²) in [6.45, 7) is 1.62. The van der Waals surface area contributed by atoms with E-state index in [1.54, 1.807) is 6.92 Å². The molecule has 0 spiro atoms. The SMILES string of the molecule is CCP(=O)(OC)c1cc(Oc2ncc(Cl)cc2Cl)ccc1[N+](=O)[O-]. The summed E-state index contributed by atoms with van der Waals surface area (Å²) in [6, 6.07) is 5.32. The molecule has 0 N–H and O–H groups in total. The van der Waals surface area contributed by atoms with E-state index in [1.165, 1.54) is 37.6 Å². The van der Waals surface area contributed by atoms with Crippen LogP contribution in [0.2, 0.25) is 10.0 Å².